The number of fused-ring (bicyclic) bond motifs is 1. The molecule has 1 fully saturated rings. The van der Waals surface area contributed by atoms with Gasteiger partial charge in [0.1, 0.15) is 0 Å². The van der Waals surface area contributed by atoms with Crippen LogP contribution in [0.25, 0.3) is 0 Å². The van der Waals surface area contributed by atoms with Gasteiger partial charge in [-0.3, -0.25) is 29.9 Å². The standard InChI is InChI=1S/C15H13N3O5/c19-13(9-4-3-5-10(8-9)18(22)23)16-17-14(20)11-6-1-2-7-12(11)15(17)21/h1-5,8,11-12H,6-7H2,(H,16,19)/t11-,12-/m0/s1. The molecule has 8 heteroatoms. The van der Waals surface area contributed by atoms with Gasteiger partial charge in [0.25, 0.3) is 23.4 Å². The molecular weight excluding hydrogens is 302 g/mol. The van der Waals surface area contributed by atoms with Crippen LogP contribution in [-0.2, 0) is 9.59 Å². The van der Waals surface area contributed by atoms with Gasteiger partial charge in [-0.25, -0.2) is 0 Å². The first-order valence-corrected chi connectivity index (χ1v) is 7.07. The fraction of sp³-hybridized carbons (Fsp3) is 0.267. The number of hydrogen-bond donors (Lipinski definition) is 1. The molecule has 1 N–H and O–H groups in total. The van der Waals surface area contributed by atoms with E-state index >= 15 is 0 Å². The predicted octanol–water partition coefficient (Wildman–Crippen LogP) is 1.19. The fourth-order valence-electron chi connectivity index (χ4n) is 2.84. The lowest BCUT2D eigenvalue weighted by atomic mass is 9.85. The van der Waals surface area contributed by atoms with E-state index in [4.69, 9.17) is 0 Å². The van der Waals surface area contributed by atoms with E-state index in [0.717, 1.165) is 11.1 Å². The van der Waals surface area contributed by atoms with Crippen molar-refractivity contribution in [2.75, 3.05) is 0 Å². The van der Waals surface area contributed by atoms with Crippen LogP contribution in [0.2, 0.25) is 0 Å². The highest BCUT2D eigenvalue weighted by Crippen LogP contribution is 2.34. The Balaban J connectivity index is 1.78. The van der Waals surface area contributed by atoms with Gasteiger partial charge < -0.3 is 0 Å². The predicted molar refractivity (Wildman–Crippen MR) is 77.8 cm³/mol. The van der Waals surface area contributed by atoms with E-state index in [1.54, 1.807) is 0 Å². The van der Waals surface area contributed by atoms with E-state index in [1.807, 2.05) is 12.2 Å². The molecule has 118 valence electrons. The largest absolute Gasteiger partial charge is 0.272 e. The Morgan fingerprint density at radius 1 is 1.17 bits per heavy atom. The van der Waals surface area contributed by atoms with Crippen LogP contribution in [0.4, 0.5) is 5.69 Å². The second-order valence-electron chi connectivity index (χ2n) is 5.42. The lowest BCUT2D eigenvalue weighted by Gasteiger charge is -2.15. The van der Waals surface area contributed by atoms with Gasteiger partial charge in [-0.15, -0.1) is 0 Å². The minimum absolute atomic E-state index is 0.00722. The molecule has 8 nitrogen and oxygen atoms in total. The molecule has 2 atom stereocenters. The maximum absolute atomic E-state index is 12.2. The maximum Gasteiger partial charge on any atom is 0.270 e. The van der Waals surface area contributed by atoms with Gasteiger partial charge in [0.05, 0.1) is 16.8 Å². The summed E-state index contributed by atoms with van der Waals surface area (Å²) >= 11 is 0. The number of allylic oxidation sites excluding steroid dienone is 2. The molecule has 1 aliphatic carbocycles. The Morgan fingerprint density at radius 3 is 2.35 bits per heavy atom. The van der Waals surface area contributed by atoms with Crippen molar-refractivity contribution in [3.8, 4) is 0 Å². The Hall–Kier alpha value is -3.03. The molecule has 0 unspecified atom stereocenters. The second-order valence-corrected chi connectivity index (χ2v) is 5.42. The number of carbonyl (C=O) groups excluding carboxylic acids is 3. The smallest absolute Gasteiger partial charge is 0.270 e. The van der Waals surface area contributed by atoms with Crippen molar-refractivity contribution >= 4 is 23.4 Å². The van der Waals surface area contributed by atoms with Crippen LogP contribution in [0.5, 0.6) is 0 Å². The molecule has 0 spiro atoms. The zero-order valence-electron chi connectivity index (χ0n) is 12.0. The van der Waals surface area contributed by atoms with Crippen LogP contribution < -0.4 is 5.43 Å². The first-order chi connectivity index (χ1) is 11.0. The average molecular weight is 315 g/mol. The molecular formula is C15H13N3O5. The number of nitro groups is 1. The number of non-ortho nitro benzene ring substituents is 1. The third-order valence-corrected chi connectivity index (χ3v) is 4.04. The number of nitrogens with one attached hydrogen (secondary N) is 1. The van der Waals surface area contributed by atoms with Crippen LogP contribution in [0.3, 0.4) is 0 Å². The van der Waals surface area contributed by atoms with E-state index in [1.165, 1.54) is 18.2 Å². The van der Waals surface area contributed by atoms with Crippen molar-refractivity contribution < 1.29 is 19.3 Å². The third kappa shape index (κ3) is 2.59. The lowest BCUT2D eigenvalue weighted by Crippen LogP contribution is -2.46. The lowest BCUT2D eigenvalue weighted by molar-refractivity contribution is -0.384. The molecule has 1 saturated heterocycles. The van der Waals surface area contributed by atoms with Gasteiger partial charge in [0, 0.05) is 17.7 Å². The first kappa shape index (κ1) is 14.9. The SMILES string of the molecule is O=C(NN1C(=O)[C@H]2CC=CC[C@@H]2C1=O)c1cccc([N+](=O)[O-])c1. The fourth-order valence-corrected chi connectivity index (χ4v) is 2.84. The highest BCUT2D eigenvalue weighted by atomic mass is 16.6. The van der Waals surface area contributed by atoms with E-state index in [9.17, 15) is 24.5 Å². The summed E-state index contributed by atoms with van der Waals surface area (Å²) in [5.41, 5.74) is 2.03. The summed E-state index contributed by atoms with van der Waals surface area (Å²) in [4.78, 5) is 46.8. The van der Waals surface area contributed by atoms with Gasteiger partial charge in [-0.05, 0) is 18.9 Å². The number of amides is 3. The van der Waals surface area contributed by atoms with Crippen LogP contribution in [0.15, 0.2) is 36.4 Å². The van der Waals surface area contributed by atoms with Crippen molar-refractivity contribution in [2.45, 2.75) is 12.8 Å². The topological polar surface area (TPSA) is 110 Å². The number of hydrazine groups is 1. The van der Waals surface area contributed by atoms with Gasteiger partial charge in [-0.1, -0.05) is 18.2 Å². The van der Waals surface area contributed by atoms with Crippen LogP contribution in [0, 0.1) is 22.0 Å². The molecule has 23 heavy (non-hydrogen) atoms. The maximum atomic E-state index is 12.2. The van der Waals surface area contributed by atoms with E-state index in [0.29, 0.717) is 12.8 Å². The summed E-state index contributed by atoms with van der Waals surface area (Å²) in [6.45, 7) is 0. The van der Waals surface area contributed by atoms with Gasteiger partial charge in [0.2, 0.25) is 0 Å². The number of rotatable bonds is 3. The molecule has 1 aromatic rings. The number of nitro benzene ring substituents is 1. The van der Waals surface area contributed by atoms with Crippen molar-refractivity contribution in [2.24, 2.45) is 11.8 Å². The minimum Gasteiger partial charge on any atom is -0.272 e. The normalized spacial score (nSPS) is 22.9. The summed E-state index contributed by atoms with van der Waals surface area (Å²) in [6.07, 6.45) is 4.63. The number of nitrogens with zero attached hydrogens (tertiary/aromatic N) is 2. The van der Waals surface area contributed by atoms with Crippen molar-refractivity contribution in [3.05, 3.63) is 52.1 Å². The summed E-state index contributed by atoms with van der Waals surface area (Å²) in [7, 11) is 0. The minimum atomic E-state index is -0.734. The second kappa shape index (κ2) is 5.64. The van der Waals surface area contributed by atoms with Crippen LogP contribution in [-0.4, -0.2) is 27.7 Å². The number of imide groups is 1. The molecule has 1 heterocycles. The first-order valence-electron chi connectivity index (χ1n) is 7.07. The van der Waals surface area contributed by atoms with E-state index < -0.39 is 34.5 Å². The monoisotopic (exact) mass is 315 g/mol. The van der Waals surface area contributed by atoms with Crippen LogP contribution in [0.1, 0.15) is 23.2 Å². The van der Waals surface area contributed by atoms with Crippen molar-refractivity contribution in [1.29, 1.82) is 0 Å². The molecule has 3 amide bonds. The van der Waals surface area contributed by atoms with Gasteiger partial charge in [-0.2, -0.15) is 5.01 Å². The van der Waals surface area contributed by atoms with E-state index in [2.05, 4.69) is 5.43 Å². The Morgan fingerprint density at radius 2 is 1.78 bits per heavy atom. The highest BCUT2D eigenvalue weighted by Gasteiger charge is 2.48. The molecule has 0 radical (unpaired) electrons. The molecule has 0 aromatic heterocycles. The number of benzene rings is 1. The average Bonchev–Trinajstić information content (AvgIpc) is 2.80. The van der Waals surface area contributed by atoms with Gasteiger partial charge >= 0.3 is 0 Å². The van der Waals surface area contributed by atoms with Crippen molar-refractivity contribution in [3.63, 3.8) is 0 Å². The zero-order valence-corrected chi connectivity index (χ0v) is 12.0. The molecule has 0 bridgehead atoms. The summed E-state index contributed by atoms with van der Waals surface area (Å²) < 4.78 is 0. The molecule has 0 saturated carbocycles. The molecule has 1 aromatic carbocycles. The quantitative estimate of drug-likeness (QED) is 0.390. The summed E-state index contributed by atoms with van der Waals surface area (Å²) in [5.74, 6) is -2.51. The Bertz CT molecular complexity index is 716. The van der Waals surface area contributed by atoms with Crippen LogP contribution >= 0.6 is 0 Å². The van der Waals surface area contributed by atoms with E-state index in [-0.39, 0.29) is 11.3 Å². The number of carbonyl (C=O) groups is 3. The third-order valence-electron chi connectivity index (χ3n) is 4.04. The highest BCUT2D eigenvalue weighted by molar-refractivity contribution is 6.08. The van der Waals surface area contributed by atoms with Crippen molar-refractivity contribution in [1.82, 2.24) is 10.4 Å². The summed E-state index contributed by atoms with van der Waals surface area (Å²) in [6, 6.07) is 5.09. The Labute approximate surface area is 130 Å². The summed E-state index contributed by atoms with van der Waals surface area (Å²) in [5, 5.41) is 11.5. The molecule has 1 aliphatic heterocycles. The molecule has 3 rings (SSSR count). The Kier molecular flexibility index (Phi) is 3.65. The number of hydrogen-bond acceptors (Lipinski definition) is 5. The molecule has 2 aliphatic rings. The zero-order chi connectivity index (χ0) is 16.6. The van der Waals surface area contributed by atoms with Gasteiger partial charge in [0.15, 0.2) is 0 Å².